The molecule has 2 N–H and O–H groups in total. The van der Waals surface area contributed by atoms with Crippen LogP contribution in [-0.2, 0) is 16.0 Å². The molecule has 3 rings (SSSR count). The van der Waals surface area contributed by atoms with Crippen LogP contribution >= 0.6 is 11.3 Å². The van der Waals surface area contributed by atoms with E-state index in [1.54, 1.807) is 0 Å². The number of fused-ring (bicyclic) bond motifs is 1. The molecule has 0 unspecified atom stereocenters. The van der Waals surface area contributed by atoms with Crippen molar-refractivity contribution in [2.75, 3.05) is 5.32 Å². The van der Waals surface area contributed by atoms with E-state index >= 15 is 0 Å². The summed E-state index contributed by atoms with van der Waals surface area (Å²) >= 11 is 1.32. The summed E-state index contributed by atoms with van der Waals surface area (Å²) in [5.74, 6) is -0.314. The highest BCUT2D eigenvalue weighted by Crippen LogP contribution is 2.29. The molecule has 2 aromatic rings. The van der Waals surface area contributed by atoms with Gasteiger partial charge in [0.1, 0.15) is 5.01 Å². The fraction of sp³-hybridized carbons (Fsp3) is 0.412. The molecule has 7 heteroatoms. The summed E-state index contributed by atoms with van der Waals surface area (Å²) in [5.41, 5.74) is 2.50. The van der Waals surface area contributed by atoms with Crippen LogP contribution in [0.25, 0.3) is 0 Å². The summed E-state index contributed by atoms with van der Waals surface area (Å²) < 4.78 is 0. The maximum atomic E-state index is 12.2. The van der Waals surface area contributed by atoms with Crippen molar-refractivity contribution in [3.63, 3.8) is 0 Å². The van der Waals surface area contributed by atoms with Gasteiger partial charge in [0.15, 0.2) is 0 Å². The standard InChI is InChI=1S/C17H20N4O2S/c1-11-20-21-17(24-11)19-16(23)10-9-15(22)18-14-8-4-6-12-5-2-3-7-13(12)14/h2-3,5,7,14H,4,6,8-10H2,1H3,(H,18,22)(H,19,21,23)/t14-/m1/s1. The minimum absolute atomic E-state index is 0.0522. The van der Waals surface area contributed by atoms with Crippen molar-refractivity contribution in [2.45, 2.75) is 45.1 Å². The number of amides is 2. The Hall–Kier alpha value is -2.28. The van der Waals surface area contributed by atoms with Gasteiger partial charge in [0.05, 0.1) is 6.04 Å². The summed E-state index contributed by atoms with van der Waals surface area (Å²) in [6, 6.07) is 8.27. The Balaban J connectivity index is 1.49. The molecule has 6 nitrogen and oxygen atoms in total. The van der Waals surface area contributed by atoms with Crippen LogP contribution in [0.4, 0.5) is 5.13 Å². The van der Waals surface area contributed by atoms with Crippen molar-refractivity contribution in [3.8, 4) is 0 Å². The molecule has 0 saturated carbocycles. The number of nitrogens with zero attached hydrogens (tertiary/aromatic N) is 2. The van der Waals surface area contributed by atoms with E-state index in [0.29, 0.717) is 5.13 Å². The van der Waals surface area contributed by atoms with Gasteiger partial charge in [0, 0.05) is 12.8 Å². The Bertz CT molecular complexity index is 744. The number of rotatable bonds is 5. The molecule has 0 spiro atoms. The number of carbonyl (C=O) groups excluding carboxylic acids is 2. The lowest BCUT2D eigenvalue weighted by Gasteiger charge is -2.26. The molecule has 1 heterocycles. The molecular weight excluding hydrogens is 324 g/mol. The number of hydrogen-bond acceptors (Lipinski definition) is 5. The second-order valence-corrected chi connectivity index (χ2v) is 7.07. The van der Waals surface area contributed by atoms with Crippen molar-refractivity contribution >= 4 is 28.3 Å². The van der Waals surface area contributed by atoms with Gasteiger partial charge in [-0.25, -0.2) is 0 Å². The number of hydrogen-bond donors (Lipinski definition) is 2. The summed E-state index contributed by atoms with van der Waals surface area (Å²) in [4.78, 5) is 24.0. The van der Waals surface area contributed by atoms with E-state index in [1.165, 1.54) is 22.5 Å². The van der Waals surface area contributed by atoms with Gasteiger partial charge in [-0.15, -0.1) is 10.2 Å². The van der Waals surface area contributed by atoms with Crippen LogP contribution in [-0.4, -0.2) is 22.0 Å². The normalized spacial score (nSPS) is 16.3. The molecule has 2 amide bonds. The summed E-state index contributed by atoms with van der Waals surface area (Å²) in [5, 5.41) is 14.7. The predicted octanol–water partition coefficient (Wildman–Crippen LogP) is 2.76. The maximum Gasteiger partial charge on any atom is 0.226 e. The molecule has 1 aromatic carbocycles. The summed E-state index contributed by atoms with van der Waals surface area (Å²) in [6.45, 7) is 1.82. The number of benzene rings is 1. The second kappa shape index (κ2) is 7.53. The van der Waals surface area contributed by atoms with Gasteiger partial charge in [-0.3, -0.25) is 9.59 Å². The maximum absolute atomic E-state index is 12.2. The van der Waals surface area contributed by atoms with Crippen LogP contribution in [0, 0.1) is 6.92 Å². The van der Waals surface area contributed by atoms with Gasteiger partial charge < -0.3 is 10.6 Å². The van der Waals surface area contributed by atoms with Crippen molar-refractivity contribution in [3.05, 3.63) is 40.4 Å². The Morgan fingerprint density at radius 3 is 2.79 bits per heavy atom. The van der Waals surface area contributed by atoms with Crippen molar-refractivity contribution in [1.29, 1.82) is 0 Å². The molecule has 1 atom stereocenters. The van der Waals surface area contributed by atoms with Crippen LogP contribution in [0.3, 0.4) is 0 Å². The number of aryl methyl sites for hydroxylation is 2. The monoisotopic (exact) mass is 344 g/mol. The lowest BCUT2D eigenvalue weighted by atomic mass is 9.87. The van der Waals surface area contributed by atoms with E-state index in [1.807, 2.05) is 19.1 Å². The minimum atomic E-state index is -0.217. The number of aromatic nitrogens is 2. The topological polar surface area (TPSA) is 84.0 Å². The van der Waals surface area contributed by atoms with Crippen molar-refractivity contribution < 1.29 is 9.59 Å². The highest BCUT2D eigenvalue weighted by molar-refractivity contribution is 7.15. The molecule has 1 aliphatic carbocycles. The number of anilines is 1. The van der Waals surface area contributed by atoms with E-state index in [0.717, 1.165) is 24.3 Å². The van der Waals surface area contributed by atoms with Gasteiger partial charge in [0.2, 0.25) is 16.9 Å². The third kappa shape index (κ3) is 4.17. The van der Waals surface area contributed by atoms with Crippen LogP contribution in [0.2, 0.25) is 0 Å². The fourth-order valence-electron chi connectivity index (χ4n) is 2.93. The first-order chi connectivity index (χ1) is 11.6. The summed E-state index contributed by atoms with van der Waals surface area (Å²) in [6.07, 6.45) is 3.38. The molecule has 1 aromatic heterocycles. The molecule has 1 aliphatic rings. The zero-order valence-corrected chi connectivity index (χ0v) is 14.4. The number of carbonyl (C=O) groups is 2. The summed E-state index contributed by atoms with van der Waals surface area (Å²) in [7, 11) is 0. The SMILES string of the molecule is Cc1nnc(NC(=O)CCC(=O)N[C@@H]2CCCc3ccccc32)s1. The van der Waals surface area contributed by atoms with Gasteiger partial charge >= 0.3 is 0 Å². The number of nitrogens with one attached hydrogen (secondary N) is 2. The fourth-order valence-corrected chi connectivity index (χ4v) is 3.53. The molecular formula is C17H20N4O2S. The van der Waals surface area contributed by atoms with E-state index in [4.69, 9.17) is 0 Å². The second-order valence-electron chi connectivity index (χ2n) is 5.89. The molecule has 0 radical (unpaired) electrons. The zero-order chi connectivity index (χ0) is 16.9. The third-order valence-electron chi connectivity index (χ3n) is 4.06. The molecule has 0 fully saturated rings. The molecule has 0 saturated heterocycles. The average Bonchev–Trinajstić information content (AvgIpc) is 2.98. The van der Waals surface area contributed by atoms with Crippen molar-refractivity contribution in [1.82, 2.24) is 15.5 Å². The minimum Gasteiger partial charge on any atom is -0.349 e. The first-order valence-corrected chi connectivity index (χ1v) is 8.90. The lowest BCUT2D eigenvalue weighted by molar-refractivity contribution is -0.125. The van der Waals surface area contributed by atoms with Crippen LogP contribution in [0.5, 0.6) is 0 Å². The smallest absolute Gasteiger partial charge is 0.226 e. The van der Waals surface area contributed by atoms with Gasteiger partial charge in [-0.2, -0.15) is 0 Å². The highest BCUT2D eigenvalue weighted by atomic mass is 32.1. The molecule has 0 aliphatic heterocycles. The Morgan fingerprint density at radius 1 is 1.21 bits per heavy atom. The van der Waals surface area contributed by atoms with Gasteiger partial charge in [0.25, 0.3) is 0 Å². The predicted molar refractivity (Wildman–Crippen MR) is 92.8 cm³/mol. The third-order valence-corrected chi connectivity index (χ3v) is 4.81. The Labute approximate surface area is 144 Å². The molecule has 126 valence electrons. The first-order valence-electron chi connectivity index (χ1n) is 8.09. The van der Waals surface area contributed by atoms with Gasteiger partial charge in [-0.1, -0.05) is 35.6 Å². The Kier molecular flexibility index (Phi) is 5.20. The highest BCUT2D eigenvalue weighted by Gasteiger charge is 2.21. The van der Waals surface area contributed by atoms with Crippen LogP contribution in [0.15, 0.2) is 24.3 Å². The average molecular weight is 344 g/mol. The van der Waals surface area contributed by atoms with Crippen molar-refractivity contribution in [2.24, 2.45) is 0 Å². The van der Waals surface area contributed by atoms with E-state index < -0.39 is 0 Å². The van der Waals surface area contributed by atoms with Gasteiger partial charge in [-0.05, 0) is 37.3 Å². The largest absolute Gasteiger partial charge is 0.349 e. The van der Waals surface area contributed by atoms with E-state index in [2.05, 4.69) is 33.0 Å². The van der Waals surface area contributed by atoms with E-state index in [-0.39, 0.29) is 30.7 Å². The van der Waals surface area contributed by atoms with E-state index in [9.17, 15) is 9.59 Å². The lowest BCUT2D eigenvalue weighted by Crippen LogP contribution is -2.31. The Morgan fingerprint density at radius 2 is 2.00 bits per heavy atom. The van der Waals surface area contributed by atoms with Crippen LogP contribution < -0.4 is 10.6 Å². The first kappa shape index (κ1) is 16.6. The molecule has 0 bridgehead atoms. The molecule has 24 heavy (non-hydrogen) atoms. The quantitative estimate of drug-likeness (QED) is 0.873. The zero-order valence-electron chi connectivity index (χ0n) is 13.5. The van der Waals surface area contributed by atoms with Crippen LogP contribution in [0.1, 0.15) is 47.9 Å².